The van der Waals surface area contributed by atoms with Crippen LogP contribution in [0.4, 0.5) is 17.2 Å². The molecule has 9 heteroatoms. The van der Waals surface area contributed by atoms with E-state index in [1.165, 1.54) is 44.7 Å². The van der Waals surface area contributed by atoms with Gasteiger partial charge in [0.15, 0.2) is 11.6 Å². The lowest BCUT2D eigenvalue weighted by Crippen LogP contribution is -2.52. The number of rotatable bonds is 6. The number of nitrogens with zero attached hydrogens (tertiary/aromatic N) is 6. The SMILES string of the molecule is COCc1nc(Nc2ccc(N3CCC(N4CCN(C)CC4)CC3)cc2)c2[nH]ncc2n1. The van der Waals surface area contributed by atoms with Crippen LogP contribution in [0.3, 0.4) is 0 Å². The van der Waals surface area contributed by atoms with Crippen molar-refractivity contribution in [2.24, 2.45) is 0 Å². The molecule has 9 nitrogen and oxygen atoms in total. The second-order valence-corrected chi connectivity index (χ2v) is 8.78. The van der Waals surface area contributed by atoms with E-state index in [1.807, 2.05) is 0 Å². The quantitative estimate of drug-likeness (QED) is 0.610. The molecule has 0 atom stereocenters. The number of anilines is 3. The topological polar surface area (TPSA) is 85.4 Å². The number of piperazine rings is 1. The van der Waals surface area contributed by atoms with E-state index in [4.69, 9.17) is 4.74 Å². The number of hydrogen-bond acceptors (Lipinski definition) is 8. The van der Waals surface area contributed by atoms with Gasteiger partial charge in [-0.3, -0.25) is 10.00 Å². The number of aromatic amines is 1. The average molecular weight is 437 g/mol. The average Bonchev–Trinajstić information content (AvgIpc) is 3.30. The molecule has 32 heavy (non-hydrogen) atoms. The highest BCUT2D eigenvalue weighted by molar-refractivity contribution is 5.86. The van der Waals surface area contributed by atoms with E-state index in [0.29, 0.717) is 18.2 Å². The molecule has 2 saturated heterocycles. The van der Waals surface area contributed by atoms with Crippen molar-refractivity contribution in [3.8, 4) is 0 Å². The molecule has 0 spiro atoms. The predicted molar refractivity (Wildman–Crippen MR) is 126 cm³/mol. The van der Waals surface area contributed by atoms with E-state index >= 15 is 0 Å². The summed E-state index contributed by atoms with van der Waals surface area (Å²) in [6.07, 6.45) is 4.19. The van der Waals surface area contributed by atoms with Crippen LogP contribution >= 0.6 is 0 Å². The molecule has 5 rings (SSSR count). The van der Waals surface area contributed by atoms with E-state index in [2.05, 4.69) is 71.5 Å². The van der Waals surface area contributed by atoms with Crippen LogP contribution in [-0.2, 0) is 11.3 Å². The fourth-order valence-corrected chi connectivity index (χ4v) is 4.74. The highest BCUT2D eigenvalue weighted by Gasteiger charge is 2.26. The fraction of sp³-hybridized carbons (Fsp3) is 0.522. The van der Waals surface area contributed by atoms with E-state index in [-0.39, 0.29) is 0 Å². The fourth-order valence-electron chi connectivity index (χ4n) is 4.74. The third-order valence-electron chi connectivity index (χ3n) is 6.63. The van der Waals surface area contributed by atoms with Crippen molar-refractivity contribution in [2.45, 2.75) is 25.5 Å². The maximum atomic E-state index is 5.20. The Morgan fingerprint density at radius 1 is 1.03 bits per heavy atom. The largest absolute Gasteiger partial charge is 0.377 e. The molecule has 0 saturated carbocycles. The van der Waals surface area contributed by atoms with Gasteiger partial charge in [0, 0.05) is 63.8 Å². The van der Waals surface area contributed by atoms with Gasteiger partial charge in [0.25, 0.3) is 0 Å². The summed E-state index contributed by atoms with van der Waals surface area (Å²) in [7, 11) is 3.86. The summed E-state index contributed by atoms with van der Waals surface area (Å²) >= 11 is 0. The number of aromatic nitrogens is 4. The van der Waals surface area contributed by atoms with Crippen molar-refractivity contribution < 1.29 is 4.74 Å². The lowest BCUT2D eigenvalue weighted by Gasteiger charge is -2.42. The molecule has 3 aromatic rings. The van der Waals surface area contributed by atoms with Crippen LogP contribution in [0.15, 0.2) is 30.5 Å². The van der Waals surface area contributed by atoms with Crippen molar-refractivity contribution >= 4 is 28.2 Å². The first-order valence-corrected chi connectivity index (χ1v) is 11.4. The minimum absolute atomic E-state index is 0.360. The Bertz CT molecular complexity index is 1020. The number of likely N-dealkylation sites (N-methyl/N-ethyl adjacent to an activating group) is 1. The lowest BCUT2D eigenvalue weighted by molar-refractivity contribution is 0.0982. The summed E-state index contributed by atoms with van der Waals surface area (Å²) in [6, 6.07) is 9.35. The Balaban J connectivity index is 1.22. The molecule has 170 valence electrons. The summed E-state index contributed by atoms with van der Waals surface area (Å²) in [5.74, 6) is 1.34. The van der Waals surface area contributed by atoms with Crippen LogP contribution in [0.25, 0.3) is 11.0 Å². The van der Waals surface area contributed by atoms with Gasteiger partial charge in [0.1, 0.15) is 17.6 Å². The van der Waals surface area contributed by atoms with Crippen LogP contribution in [0, 0.1) is 0 Å². The van der Waals surface area contributed by atoms with Crippen LogP contribution in [-0.4, -0.2) is 89.4 Å². The van der Waals surface area contributed by atoms with Gasteiger partial charge in [-0.15, -0.1) is 0 Å². The molecule has 2 N–H and O–H groups in total. The Labute approximate surface area is 188 Å². The molecule has 0 radical (unpaired) electrons. The van der Waals surface area contributed by atoms with Gasteiger partial charge in [0.2, 0.25) is 0 Å². The molecule has 0 aliphatic carbocycles. The molecule has 2 aliphatic heterocycles. The second-order valence-electron chi connectivity index (χ2n) is 8.78. The highest BCUT2D eigenvalue weighted by Crippen LogP contribution is 2.27. The van der Waals surface area contributed by atoms with Crippen molar-refractivity contribution in [3.63, 3.8) is 0 Å². The van der Waals surface area contributed by atoms with Crippen LogP contribution < -0.4 is 10.2 Å². The smallest absolute Gasteiger partial charge is 0.160 e. The van der Waals surface area contributed by atoms with E-state index in [0.717, 1.165) is 35.9 Å². The van der Waals surface area contributed by atoms with Gasteiger partial charge < -0.3 is 19.9 Å². The number of benzene rings is 1. The highest BCUT2D eigenvalue weighted by atomic mass is 16.5. The van der Waals surface area contributed by atoms with Crippen LogP contribution in [0.5, 0.6) is 0 Å². The zero-order chi connectivity index (χ0) is 21.9. The van der Waals surface area contributed by atoms with Gasteiger partial charge >= 0.3 is 0 Å². The Morgan fingerprint density at radius 3 is 2.50 bits per heavy atom. The van der Waals surface area contributed by atoms with Crippen molar-refractivity contribution in [1.29, 1.82) is 0 Å². The second kappa shape index (κ2) is 9.40. The number of hydrogen-bond donors (Lipinski definition) is 2. The van der Waals surface area contributed by atoms with Crippen LogP contribution in [0.2, 0.25) is 0 Å². The molecule has 2 aliphatic rings. The Morgan fingerprint density at radius 2 is 1.78 bits per heavy atom. The van der Waals surface area contributed by atoms with Crippen LogP contribution in [0.1, 0.15) is 18.7 Å². The van der Waals surface area contributed by atoms with E-state index < -0.39 is 0 Å². The Hall–Kier alpha value is -2.75. The minimum atomic E-state index is 0.360. The third-order valence-corrected chi connectivity index (χ3v) is 6.63. The monoisotopic (exact) mass is 436 g/mol. The normalized spacial score (nSPS) is 19.0. The maximum absolute atomic E-state index is 5.20. The van der Waals surface area contributed by atoms with Gasteiger partial charge in [-0.2, -0.15) is 5.10 Å². The standard InChI is InChI=1S/C23H32N8O/c1-29-11-13-31(14-12-29)19-7-9-30(10-8-19)18-5-3-17(4-6-18)25-23-22-20(15-24-28-22)26-21(27-23)16-32-2/h3-6,15,19H,7-14,16H2,1-2H3,(H,24,28)(H,25,26,27). The van der Waals surface area contributed by atoms with E-state index in [1.54, 1.807) is 13.3 Å². The van der Waals surface area contributed by atoms with Gasteiger partial charge in [-0.1, -0.05) is 0 Å². The zero-order valence-corrected chi connectivity index (χ0v) is 18.9. The molecule has 0 bridgehead atoms. The molecule has 0 unspecified atom stereocenters. The summed E-state index contributed by atoms with van der Waals surface area (Å²) in [4.78, 5) is 16.7. The van der Waals surface area contributed by atoms with Gasteiger partial charge in [-0.25, -0.2) is 9.97 Å². The number of H-pyrrole nitrogens is 1. The lowest BCUT2D eigenvalue weighted by atomic mass is 10.0. The van der Waals surface area contributed by atoms with E-state index in [9.17, 15) is 0 Å². The first kappa shape index (κ1) is 21.1. The van der Waals surface area contributed by atoms with Crippen molar-refractivity contribution in [3.05, 3.63) is 36.3 Å². The molecular weight excluding hydrogens is 404 g/mol. The van der Waals surface area contributed by atoms with Crippen molar-refractivity contribution in [2.75, 3.05) is 63.6 Å². The third kappa shape index (κ3) is 4.55. The Kier molecular flexibility index (Phi) is 6.20. The van der Waals surface area contributed by atoms with Gasteiger partial charge in [-0.05, 0) is 44.2 Å². The van der Waals surface area contributed by atoms with Gasteiger partial charge in [0.05, 0.1) is 6.20 Å². The predicted octanol–water partition coefficient (Wildman–Crippen LogP) is 2.46. The molecule has 1 aromatic carbocycles. The molecule has 2 aromatic heterocycles. The number of methoxy groups -OCH3 is 1. The number of ether oxygens (including phenoxy) is 1. The summed E-state index contributed by atoms with van der Waals surface area (Å²) < 4.78 is 5.20. The first-order chi connectivity index (χ1) is 15.7. The molecule has 4 heterocycles. The minimum Gasteiger partial charge on any atom is -0.377 e. The van der Waals surface area contributed by atoms with Crippen molar-refractivity contribution in [1.82, 2.24) is 30.0 Å². The number of nitrogens with one attached hydrogen (secondary N) is 2. The summed E-state index contributed by atoms with van der Waals surface area (Å²) in [5.41, 5.74) is 3.83. The molecule has 0 amide bonds. The zero-order valence-electron chi connectivity index (χ0n) is 18.9. The number of piperidine rings is 1. The molecular formula is C23H32N8O. The molecule has 2 fully saturated rings. The maximum Gasteiger partial charge on any atom is 0.160 e. The summed E-state index contributed by atoms with van der Waals surface area (Å²) in [5, 5.41) is 10.5. The summed E-state index contributed by atoms with van der Waals surface area (Å²) in [6.45, 7) is 7.40. The first-order valence-electron chi connectivity index (χ1n) is 11.4. The number of fused-ring (bicyclic) bond motifs is 1.